The van der Waals surface area contributed by atoms with Crippen LogP contribution in [0.1, 0.15) is 17.5 Å². The van der Waals surface area contributed by atoms with Crippen LogP contribution in [0.25, 0.3) is 11.4 Å². The normalized spacial score (nSPS) is 17.5. The third-order valence-corrected chi connectivity index (χ3v) is 5.69. The van der Waals surface area contributed by atoms with E-state index >= 15 is 0 Å². The first-order valence-corrected chi connectivity index (χ1v) is 10.2. The van der Waals surface area contributed by atoms with E-state index in [0.717, 1.165) is 19.6 Å². The number of aromatic nitrogens is 2. The van der Waals surface area contributed by atoms with Gasteiger partial charge in [0.2, 0.25) is 17.5 Å². The lowest BCUT2D eigenvalue weighted by Crippen LogP contribution is -2.46. The fourth-order valence-corrected chi connectivity index (χ4v) is 4.01. The predicted octanol–water partition coefficient (Wildman–Crippen LogP) is 3.25. The number of hydrogen-bond acceptors (Lipinski definition) is 8. The van der Waals surface area contributed by atoms with E-state index in [1.165, 1.54) is 5.56 Å². The van der Waals surface area contributed by atoms with Crippen molar-refractivity contribution in [3.63, 3.8) is 0 Å². The second kappa shape index (κ2) is 9.36. The molecule has 0 radical (unpaired) electrons. The van der Waals surface area contributed by atoms with Crippen molar-refractivity contribution in [2.24, 2.45) is 0 Å². The van der Waals surface area contributed by atoms with E-state index in [0.29, 0.717) is 47.1 Å². The highest BCUT2D eigenvalue weighted by atomic mass is 16.5. The molecule has 1 aromatic heterocycles. The van der Waals surface area contributed by atoms with E-state index < -0.39 is 0 Å². The van der Waals surface area contributed by atoms with Crippen LogP contribution < -0.4 is 14.2 Å². The van der Waals surface area contributed by atoms with Crippen molar-refractivity contribution in [2.45, 2.75) is 12.6 Å². The lowest BCUT2D eigenvalue weighted by atomic mass is 10.0. The highest BCUT2D eigenvalue weighted by molar-refractivity contribution is 5.72. The molecule has 0 spiro atoms. The van der Waals surface area contributed by atoms with Crippen LogP contribution in [0.2, 0.25) is 0 Å². The number of hydrogen-bond donors (Lipinski definition) is 0. The number of benzene rings is 2. The van der Waals surface area contributed by atoms with Crippen LogP contribution in [0, 0.1) is 0 Å². The topological polar surface area (TPSA) is 73.1 Å². The number of likely N-dealkylation sites (N-methyl/N-ethyl adjacent to an activating group) is 1. The van der Waals surface area contributed by atoms with E-state index in [2.05, 4.69) is 51.3 Å². The number of methoxy groups -OCH3 is 3. The van der Waals surface area contributed by atoms with Gasteiger partial charge in [0.1, 0.15) is 0 Å². The van der Waals surface area contributed by atoms with Gasteiger partial charge in [0, 0.05) is 25.7 Å². The zero-order valence-corrected chi connectivity index (χ0v) is 18.4. The maximum atomic E-state index is 5.58. The Morgan fingerprint density at radius 2 is 1.74 bits per heavy atom. The molecule has 1 fully saturated rings. The third-order valence-electron chi connectivity index (χ3n) is 5.69. The molecule has 0 amide bonds. The Bertz CT molecular complexity index is 1010. The van der Waals surface area contributed by atoms with E-state index in [1.807, 2.05) is 12.1 Å². The van der Waals surface area contributed by atoms with Crippen LogP contribution in [-0.2, 0) is 6.54 Å². The van der Waals surface area contributed by atoms with Gasteiger partial charge in [-0.15, -0.1) is 0 Å². The summed E-state index contributed by atoms with van der Waals surface area (Å²) >= 11 is 0. The lowest BCUT2D eigenvalue weighted by molar-refractivity contribution is 0.0825. The van der Waals surface area contributed by atoms with Gasteiger partial charge in [-0.3, -0.25) is 9.80 Å². The fourth-order valence-electron chi connectivity index (χ4n) is 4.01. The molecule has 8 heteroatoms. The number of piperazine rings is 1. The van der Waals surface area contributed by atoms with Gasteiger partial charge in [-0.2, -0.15) is 4.98 Å². The molecule has 0 saturated carbocycles. The summed E-state index contributed by atoms with van der Waals surface area (Å²) in [5.41, 5.74) is 2.01. The molecule has 0 N–H and O–H groups in total. The maximum absolute atomic E-state index is 5.58. The summed E-state index contributed by atoms with van der Waals surface area (Å²) in [6.07, 6.45) is 0. The summed E-state index contributed by atoms with van der Waals surface area (Å²) < 4.78 is 21.9. The molecule has 164 valence electrons. The summed E-state index contributed by atoms with van der Waals surface area (Å²) in [6, 6.07) is 14.6. The Morgan fingerprint density at radius 3 is 2.45 bits per heavy atom. The summed E-state index contributed by atoms with van der Waals surface area (Å²) in [6.45, 7) is 3.42. The largest absolute Gasteiger partial charge is 0.493 e. The van der Waals surface area contributed by atoms with E-state index in [-0.39, 0.29) is 0 Å². The van der Waals surface area contributed by atoms with E-state index in [1.54, 1.807) is 27.4 Å². The zero-order valence-electron chi connectivity index (χ0n) is 18.4. The average molecular weight is 425 g/mol. The molecule has 0 aliphatic carbocycles. The summed E-state index contributed by atoms with van der Waals surface area (Å²) in [5, 5.41) is 4.18. The first kappa shape index (κ1) is 21.1. The Hall–Kier alpha value is -3.10. The van der Waals surface area contributed by atoms with Gasteiger partial charge in [0.15, 0.2) is 11.5 Å². The van der Waals surface area contributed by atoms with Crippen molar-refractivity contribution >= 4 is 0 Å². The van der Waals surface area contributed by atoms with Crippen molar-refractivity contribution in [2.75, 3.05) is 48.0 Å². The van der Waals surface area contributed by atoms with Crippen LogP contribution in [0.5, 0.6) is 17.2 Å². The SMILES string of the molecule is COc1ccc(-c2noc(CN3CCN(C)C(c4ccccc4)C3)n2)c(OC)c1OC. The van der Waals surface area contributed by atoms with Crippen LogP contribution in [0.15, 0.2) is 47.0 Å². The smallest absolute Gasteiger partial charge is 0.241 e. The van der Waals surface area contributed by atoms with Crippen LogP contribution in [0.4, 0.5) is 0 Å². The molecule has 1 atom stereocenters. The van der Waals surface area contributed by atoms with Crippen molar-refractivity contribution in [3.8, 4) is 28.6 Å². The van der Waals surface area contributed by atoms with Gasteiger partial charge < -0.3 is 18.7 Å². The first-order chi connectivity index (χ1) is 15.1. The van der Waals surface area contributed by atoms with Gasteiger partial charge in [0.05, 0.1) is 33.4 Å². The third kappa shape index (κ3) is 4.35. The van der Waals surface area contributed by atoms with Crippen LogP contribution in [-0.4, -0.2) is 68.0 Å². The summed E-state index contributed by atoms with van der Waals surface area (Å²) in [7, 11) is 6.91. The van der Waals surface area contributed by atoms with E-state index in [9.17, 15) is 0 Å². The van der Waals surface area contributed by atoms with Gasteiger partial charge in [-0.05, 0) is 24.7 Å². The highest BCUT2D eigenvalue weighted by Gasteiger charge is 2.27. The molecule has 31 heavy (non-hydrogen) atoms. The summed E-state index contributed by atoms with van der Waals surface area (Å²) in [4.78, 5) is 9.36. The van der Waals surface area contributed by atoms with Crippen LogP contribution >= 0.6 is 0 Å². The first-order valence-electron chi connectivity index (χ1n) is 10.2. The number of nitrogens with zero attached hydrogens (tertiary/aromatic N) is 4. The molecular weight excluding hydrogens is 396 g/mol. The fraction of sp³-hybridized carbons (Fsp3) is 0.391. The average Bonchev–Trinajstić information content (AvgIpc) is 3.27. The Balaban J connectivity index is 1.52. The molecule has 2 aromatic carbocycles. The molecule has 2 heterocycles. The summed E-state index contributed by atoms with van der Waals surface area (Å²) in [5.74, 6) is 2.62. The minimum Gasteiger partial charge on any atom is -0.493 e. The molecule has 1 aliphatic heterocycles. The standard InChI is InChI=1S/C23H28N4O4/c1-26-12-13-27(14-18(26)16-8-6-5-7-9-16)15-20-24-23(25-31-20)17-10-11-19(28-2)22(30-4)21(17)29-3/h5-11,18H,12-15H2,1-4H3. The van der Waals surface area contributed by atoms with Crippen molar-refractivity contribution in [1.29, 1.82) is 0 Å². The Labute approximate surface area is 182 Å². The molecule has 3 aromatic rings. The van der Waals surface area contributed by atoms with E-state index in [4.69, 9.17) is 18.7 Å². The van der Waals surface area contributed by atoms with Gasteiger partial charge >= 0.3 is 0 Å². The molecule has 8 nitrogen and oxygen atoms in total. The lowest BCUT2D eigenvalue weighted by Gasteiger charge is -2.39. The van der Waals surface area contributed by atoms with Gasteiger partial charge in [-0.1, -0.05) is 35.5 Å². The quantitative estimate of drug-likeness (QED) is 0.572. The maximum Gasteiger partial charge on any atom is 0.241 e. The van der Waals surface area contributed by atoms with Gasteiger partial charge in [-0.25, -0.2) is 0 Å². The van der Waals surface area contributed by atoms with Crippen molar-refractivity contribution in [1.82, 2.24) is 19.9 Å². The molecule has 0 bridgehead atoms. The Morgan fingerprint density at radius 1 is 0.968 bits per heavy atom. The van der Waals surface area contributed by atoms with Gasteiger partial charge in [0.25, 0.3) is 0 Å². The second-order valence-electron chi connectivity index (χ2n) is 7.54. The highest BCUT2D eigenvalue weighted by Crippen LogP contribution is 2.43. The molecular formula is C23H28N4O4. The molecule has 1 aliphatic rings. The molecule has 4 rings (SSSR count). The predicted molar refractivity (Wildman–Crippen MR) is 116 cm³/mol. The number of ether oxygens (including phenoxy) is 3. The van der Waals surface area contributed by atoms with Crippen molar-refractivity contribution < 1.29 is 18.7 Å². The monoisotopic (exact) mass is 424 g/mol. The van der Waals surface area contributed by atoms with Crippen LogP contribution in [0.3, 0.4) is 0 Å². The minimum atomic E-state index is 0.336. The molecule has 1 unspecified atom stereocenters. The number of rotatable bonds is 7. The zero-order chi connectivity index (χ0) is 21.8. The van der Waals surface area contributed by atoms with Crippen molar-refractivity contribution in [3.05, 3.63) is 53.9 Å². The molecule has 1 saturated heterocycles. The minimum absolute atomic E-state index is 0.336. The second-order valence-corrected chi connectivity index (χ2v) is 7.54. The Kier molecular flexibility index (Phi) is 6.39.